The minimum atomic E-state index is -0.439. The molecule has 0 aliphatic carbocycles. The van der Waals surface area contributed by atoms with Crippen LogP contribution in [0, 0.1) is 5.41 Å². The number of allylic oxidation sites excluding steroid dienone is 1. The number of rotatable bonds is 3. The average Bonchev–Trinajstić information content (AvgIpc) is 2.44. The van der Waals surface area contributed by atoms with Crippen molar-refractivity contribution in [3.63, 3.8) is 0 Å². The third kappa shape index (κ3) is 4.10. The van der Waals surface area contributed by atoms with Gasteiger partial charge in [0.2, 0.25) is 0 Å². The Morgan fingerprint density at radius 3 is 2.61 bits per heavy atom. The number of ether oxygens (including phenoxy) is 1. The van der Waals surface area contributed by atoms with Crippen LogP contribution in [0.25, 0.3) is 0 Å². The van der Waals surface area contributed by atoms with E-state index in [1.807, 2.05) is 26.8 Å². The zero-order valence-corrected chi connectivity index (χ0v) is 12.6. The van der Waals surface area contributed by atoms with Crippen molar-refractivity contribution < 1.29 is 14.3 Å². The Kier molecular flexibility index (Phi) is 4.92. The molecule has 0 N–H and O–H groups in total. The zero-order valence-electron chi connectivity index (χ0n) is 11.0. The maximum atomic E-state index is 12.1. The zero-order chi connectivity index (χ0) is 13.9. The Balaban J connectivity index is 2.80. The molecular formula is C12H17NO3S2. The molecule has 0 aromatic heterocycles. The quantitative estimate of drug-likeness (QED) is 0.453. The number of esters is 1. The highest BCUT2D eigenvalue weighted by Gasteiger charge is 2.34. The van der Waals surface area contributed by atoms with Gasteiger partial charge in [0.25, 0.3) is 5.91 Å². The predicted octanol–water partition coefficient (Wildman–Crippen LogP) is 2.34. The van der Waals surface area contributed by atoms with Crippen LogP contribution < -0.4 is 0 Å². The Hall–Kier alpha value is -0.880. The van der Waals surface area contributed by atoms with Gasteiger partial charge in [-0.15, -0.1) is 0 Å². The van der Waals surface area contributed by atoms with Gasteiger partial charge in [-0.2, -0.15) is 0 Å². The van der Waals surface area contributed by atoms with Crippen LogP contribution in [0.15, 0.2) is 11.0 Å². The molecule has 4 nitrogen and oxygen atoms in total. The van der Waals surface area contributed by atoms with Crippen molar-refractivity contribution >= 4 is 40.2 Å². The molecule has 100 valence electrons. The summed E-state index contributed by atoms with van der Waals surface area (Å²) in [6.07, 6.45) is 1.87. The average molecular weight is 287 g/mol. The lowest BCUT2D eigenvalue weighted by Crippen LogP contribution is -2.34. The lowest BCUT2D eigenvalue weighted by molar-refractivity contribution is -0.145. The van der Waals surface area contributed by atoms with E-state index in [2.05, 4.69) is 0 Å². The van der Waals surface area contributed by atoms with Gasteiger partial charge in [-0.3, -0.25) is 14.5 Å². The maximum Gasteiger partial charge on any atom is 0.326 e. The van der Waals surface area contributed by atoms with E-state index in [9.17, 15) is 9.59 Å². The number of amides is 1. The van der Waals surface area contributed by atoms with Crippen LogP contribution in [0.1, 0.15) is 27.7 Å². The molecule has 0 aromatic carbocycles. The molecule has 1 rings (SSSR count). The van der Waals surface area contributed by atoms with E-state index >= 15 is 0 Å². The number of thioether (sulfide) groups is 1. The molecule has 1 aliphatic heterocycles. The van der Waals surface area contributed by atoms with E-state index < -0.39 is 5.97 Å². The summed E-state index contributed by atoms with van der Waals surface area (Å²) in [6, 6.07) is 0. The lowest BCUT2D eigenvalue weighted by atomic mass is 9.96. The van der Waals surface area contributed by atoms with Gasteiger partial charge in [-0.1, -0.05) is 50.8 Å². The van der Waals surface area contributed by atoms with Crippen LogP contribution in [0.3, 0.4) is 0 Å². The molecule has 1 heterocycles. The molecule has 0 saturated carbocycles. The molecule has 6 heteroatoms. The molecule has 0 radical (unpaired) electrons. The van der Waals surface area contributed by atoms with Crippen LogP contribution >= 0.6 is 24.0 Å². The first-order valence-electron chi connectivity index (χ1n) is 5.66. The van der Waals surface area contributed by atoms with E-state index in [1.54, 1.807) is 6.92 Å². The molecule has 0 atom stereocenters. The van der Waals surface area contributed by atoms with Gasteiger partial charge < -0.3 is 4.74 Å². The summed E-state index contributed by atoms with van der Waals surface area (Å²) in [5, 5.41) is 0. The first-order chi connectivity index (χ1) is 8.24. The van der Waals surface area contributed by atoms with Crippen LogP contribution in [-0.2, 0) is 14.3 Å². The molecule has 1 fully saturated rings. The number of hydrogen-bond donors (Lipinski definition) is 0. The van der Waals surface area contributed by atoms with Crippen molar-refractivity contribution in [3.05, 3.63) is 11.0 Å². The predicted molar refractivity (Wildman–Crippen MR) is 76.1 cm³/mol. The number of carbonyl (C=O) groups excluding carboxylic acids is 2. The Labute approximate surface area is 117 Å². The van der Waals surface area contributed by atoms with Crippen molar-refractivity contribution in [3.8, 4) is 0 Å². The topological polar surface area (TPSA) is 46.6 Å². The van der Waals surface area contributed by atoms with Gasteiger partial charge in [0.1, 0.15) is 10.9 Å². The van der Waals surface area contributed by atoms with Crippen LogP contribution in [0.4, 0.5) is 0 Å². The van der Waals surface area contributed by atoms with Gasteiger partial charge in [-0.05, 0) is 12.3 Å². The van der Waals surface area contributed by atoms with E-state index in [0.717, 1.165) is 0 Å². The third-order valence-electron chi connectivity index (χ3n) is 2.03. The Morgan fingerprint density at radius 2 is 2.11 bits per heavy atom. The molecule has 0 unspecified atom stereocenters. The van der Waals surface area contributed by atoms with Crippen molar-refractivity contribution in [1.29, 1.82) is 0 Å². The molecule has 1 aliphatic rings. The largest absolute Gasteiger partial charge is 0.465 e. The summed E-state index contributed by atoms with van der Waals surface area (Å²) >= 11 is 6.34. The first-order valence-corrected chi connectivity index (χ1v) is 6.89. The summed E-state index contributed by atoms with van der Waals surface area (Å²) < 4.78 is 5.22. The number of carbonyl (C=O) groups is 2. The highest BCUT2D eigenvalue weighted by molar-refractivity contribution is 8.26. The minimum absolute atomic E-state index is 0.104. The maximum absolute atomic E-state index is 12.1. The first kappa shape index (κ1) is 15.2. The number of hydrogen-bond acceptors (Lipinski definition) is 5. The normalized spacial score (nSPS) is 18.7. The summed E-state index contributed by atoms with van der Waals surface area (Å²) in [4.78, 5) is 25.3. The van der Waals surface area contributed by atoms with Crippen LogP contribution in [-0.4, -0.2) is 34.2 Å². The van der Waals surface area contributed by atoms with Gasteiger partial charge in [-0.25, -0.2) is 0 Å². The lowest BCUT2D eigenvalue weighted by Gasteiger charge is -2.14. The summed E-state index contributed by atoms with van der Waals surface area (Å²) in [5.41, 5.74) is -0.104. The van der Waals surface area contributed by atoms with Gasteiger partial charge in [0.15, 0.2) is 0 Å². The second kappa shape index (κ2) is 5.84. The molecular weight excluding hydrogens is 270 g/mol. The number of thiocarbonyl (C=S) groups is 1. The minimum Gasteiger partial charge on any atom is -0.465 e. The summed E-state index contributed by atoms with van der Waals surface area (Å²) in [6.45, 7) is 7.92. The van der Waals surface area contributed by atoms with Gasteiger partial charge in [0.05, 0.1) is 11.5 Å². The van der Waals surface area contributed by atoms with E-state index in [0.29, 0.717) is 15.8 Å². The molecule has 18 heavy (non-hydrogen) atoms. The fraction of sp³-hybridized carbons (Fsp3) is 0.583. The SMILES string of the molecule is CCOC(=O)CN1C(=O)/C(=C/C(C)(C)C)SC1=S. The smallest absolute Gasteiger partial charge is 0.326 e. The molecule has 0 spiro atoms. The third-order valence-corrected chi connectivity index (χ3v) is 3.41. The van der Waals surface area contributed by atoms with E-state index in [4.69, 9.17) is 17.0 Å². The summed E-state index contributed by atoms with van der Waals surface area (Å²) in [7, 11) is 0. The Bertz CT molecular complexity index is 410. The monoisotopic (exact) mass is 287 g/mol. The second-order valence-corrected chi connectivity index (χ2v) is 6.61. The van der Waals surface area contributed by atoms with E-state index in [-0.39, 0.29) is 17.9 Å². The summed E-state index contributed by atoms with van der Waals surface area (Å²) in [5.74, 6) is -0.654. The van der Waals surface area contributed by atoms with Crippen molar-refractivity contribution in [2.75, 3.05) is 13.2 Å². The van der Waals surface area contributed by atoms with Crippen LogP contribution in [0.2, 0.25) is 0 Å². The molecule has 0 aromatic rings. The highest BCUT2D eigenvalue weighted by Crippen LogP contribution is 2.34. The van der Waals surface area contributed by atoms with Gasteiger partial charge >= 0.3 is 5.97 Å². The fourth-order valence-corrected chi connectivity index (χ4v) is 2.84. The Morgan fingerprint density at radius 1 is 1.50 bits per heavy atom. The molecule has 1 saturated heterocycles. The van der Waals surface area contributed by atoms with E-state index in [1.165, 1.54) is 16.7 Å². The van der Waals surface area contributed by atoms with Crippen molar-refractivity contribution in [2.45, 2.75) is 27.7 Å². The molecule has 0 bridgehead atoms. The number of nitrogens with zero attached hydrogens (tertiary/aromatic N) is 1. The van der Waals surface area contributed by atoms with Crippen molar-refractivity contribution in [1.82, 2.24) is 4.90 Å². The standard InChI is InChI=1S/C12H17NO3S2/c1-5-16-9(14)7-13-10(15)8(18-11(13)17)6-12(2,3)4/h6H,5,7H2,1-4H3/b8-6-. The van der Waals surface area contributed by atoms with Crippen molar-refractivity contribution in [2.24, 2.45) is 5.41 Å². The second-order valence-electron chi connectivity index (χ2n) is 4.94. The van der Waals surface area contributed by atoms with Crippen LogP contribution in [0.5, 0.6) is 0 Å². The van der Waals surface area contributed by atoms with Gasteiger partial charge in [0, 0.05) is 0 Å². The highest BCUT2D eigenvalue weighted by atomic mass is 32.2. The molecule has 1 amide bonds. The fourth-order valence-electron chi connectivity index (χ4n) is 1.37.